The Balaban J connectivity index is 0.00000180. The van der Waals surface area contributed by atoms with Crippen LogP contribution in [0.4, 0.5) is 17.6 Å². The molecular weight excluding hydrogens is 263 g/mol. The summed E-state index contributed by atoms with van der Waals surface area (Å²) in [5.41, 5.74) is -0.286. The number of hydrogen-bond acceptors (Lipinski definition) is 3. The number of imidazole rings is 1. The molecule has 96 valence electrons. The van der Waals surface area contributed by atoms with Crippen molar-refractivity contribution in [3.8, 4) is 0 Å². The van der Waals surface area contributed by atoms with Crippen LogP contribution in [0.3, 0.4) is 0 Å². The van der Waals surface area contributed by atoms with Gasteiger partial charge in [-0.05, 0) is 12.1 Å². The second-order valence-corrected chi connectivity index (χ2v) is 3.56. The zero-order valence-electron chi connectivity index (χ0n) is 9.66. The molecule has 9 heteroatoms. The van der Waals surface area contributed by atoms with Gasteiger partial charge in [0.25, 0.3) is 0 Å². The van der Waals surface area contributed by atoms with Gasteiger partial charge in [0.15, 0.2) is 5.82 Å². The number of fused-ring (bicyclic) bond motifs is 1. The van der Waals surface area contributed by atoms with Gasteiger partial charge >= 0.3 is 25.0 Å². The summed E-state index contributed by atoms with van der Waals surface area (Å²) < 4.78 is 50.3. The standard InChI is InChI=1S/C10H6F4N2O2.Li/c11-5-1-2-7-6(3-5)15-8(9(17)18)16(7)4-10(12,13)14;/h1-3H,4H2,(H,17,18);/q;+1/p-1. The van der Waals surface area contributed by atoms with Gasteiger partial charge in [-0.3, -0.25) is 0 Å². The number of alkyl halides is 3. The molecule has 1 heterocycles. The maximum Gasteiger partial charge on any atom is 1.00 e. The van der Waals surface area contributed by atoms with Crippen molar-refractivity contribution in [3.63, 3.8) is 0 Å². The average molecular weight is 268 g/mol. The molecule has 0 aliphatic carbocycles. The van der Waals surface area contributed by atoms with Gasteiger partial charge in [-0.25, -0.2) is 9.37 Å². The van der Waals surface area contributed by atoms with Crippen molar-refractivity contribution in [2.45, 2.75) is 12.7 Å². The van der Waals surface area contributed by atoms with E-state index in [2.05, 4.69) is 4.98 Å². The van der Waals surface area contributed by atoms with E-state index in [1.54, 1.807) is 0 Å². The van der Waals surface area contributed by atoms with Gasteiger partial charge in [-0.15, -0.1) is 0 Å². The minimum absolute atomic E-state index is 0. The van der Waals surface area contributed by atoms with Crippen LogP contribution in [0.15, 0.2) is 18.2 Å². The van der Waals surface area contributed by atoms with Gasteiger partial charge in [0.1, 0.15) is 18.3 Å². The van der Waals surface area contributed by atoms with Gasteiger partial charge in [-0.1, -0.05) is 0 Å². The quantitative estimate of drug-likeness (QED) is 0.472. The Morgan fingerprint density at radius 3 is 2.53 bits per heavy atom. The Bertz CT molecular complexity index is 624. The second kappa shape index (κ2) is 5.23. The van der Waals surface area contributed by atoms with E-state index in [0.29, 0.717) is 4.57 Å². The second-order valence-electron chi connectivity index (χ2n) is 3.56. The first-order valence-electron chi connectivity index (χ1n) is 4.72. The van der Waals surface area contributed by atoms with Crippen molar-refractivity contribution in [1.29, 1.82) is 0 Å². The van der Waals surface area contributed by atoms with Crippen LogP contribution < -0.4 is 24.0 Å². The van der Waals surface area contributed by atoms with Gasteiger partial charge < -0.3 is 14.5 Å². The number of carbonyl (C=O) groups is 1. The van der Waals surface area contributed by atoms with E-state index >= 15 is 0 Å². The van der Waals surface area contributed by atoms with E-state index in [1.165, 1.54) is 0 Å². The Hall–Kier alpha value is -1.52. The summed E-state index contributed by atoms with van der Waals surface area (Å²) in [5, 5.41) is 10.7. The van der Waals surface area contributed by atoms with E-state index in [4.69, 9.17) is 0 Å². The van der Waals surface area contributed by atoms with Gasteiger partial charge in [0, 0.05) is 6.07 Å². The summed E-state index contributed by atoms with van der Waals surface area (Å²) >= 11 is 0. The summed E-state index contributed by atoms with van der Waals surface area (Å²) in [4.78, 5) is 14.1. The van der Waals surface area contributed by atoms with Crippen molar-refractivity contribution >= 4 is 17.0 Å². The number of carboxylic acids is 1. The number of nitrogens with zero attached hydrogens (tertiary/aromatic N) is 2. The number of carbonyl (C=O) groups excluding carboxylic acids is 1. The van der Waals surface area contributed by atoms with Crippen LogP contribution in [0.25, 0.3) is 11.0 Å². The van der Waals surface area contributed by atoms with Gasteiger partial charge in [0.05, 0.1) is 11.0 Å². The first kappa shape index (κ1) is 15.5. The Morgan fingerprint density at radius 1 is 1.37 bits per heavy atom. The van der Waals surface area contributed by atoms with Crippen LogP contribution in [-0.2, 0) is 6.54 Å². The zero-order chi connectivity index (χ0) is 13.5. The molecule has 0 aliphatic rings. The minimum Gasteiger partial charge on any atom is -0.542 e. The summed E-state index contributed by atoms with van der Waals surface area (Å²) in [6.45, 7) is -1.53. The zero-order valence-corrected chi connectivity index (χ0v) is 9.66. The summed E-state index contributed by atoms with van der Waals surface area (Å²) in [6.07, 6.45) is -4.62. The maximum absolute atomic E-state index is 12.9. The molecule has 0 amide bonds. The van der Waals surface area contributed by atoms with Crippen molar-refractivity contribution in [1.82, 2.24) is 9.55 Å². The predicted molar refractivity (Wildman–Crippen MR) is 50.1 cm³/mol. The number of benzene rings is 1. The minimum atomic E-state index is -4.62. The first-order chi connectivity index (χ1) is 8.28. The molecule has 4 nitrogen and oxygen atoms in total. The molecule has 0 unspecified atom stereocenters. The molecule has 0 saturated carbocycles. The van der Waals surface area contributed by atoms with E-state index in [-0.39, 0.29) is 29.9 Å². The molecule has 1 aromatic carbocycles. The van der Waals surface area contributed by atoms with E-state index < -0.39 is 30.3 Å². The number of aromatic nitrogens is 2. The van der Waals surface area contributed by atoms with Crippen molar-refractivity contribution in [2.75, 3.05) is 0 Å². The molecule has 2 aromatic rings. The fourth-order valence-electron chi connectivity index (χ4n) is 1.60. The molecule has 1 aromatic heterocycles. The fourth-order valence-corrected chi connectivity index (χ4v) is 1.60. The van der Waals surface area contributed by atoms with Crippen molar-refractivity contribution in [3.05, 3.63) is 29.8 Å². The van der Waals surface area contributed by atoms with Crippen LogP contribution in [0.1, 0.15) is 10.6 Å². The maximum atomic E-state index is 12.9. The number of aromatic carboxylic acids is 1. The fraction of sp³-hybridized carbons (Fsp3) is 0.200. The van der Waals surface area contributed by atoms with Crippen molar-refractivity contribution in [2.24, 2.45) is 0 Å². The largest absolute Gasteiger partial charge is 1.00 e. The molecule has 0 bridgehead atoms. The third-order valence-electron chi connectivity index (χ3n) is 2.23. The molecule has 19 heavy (non-hydrogen) atoms. The summed E-state index contributed by atoms with van der Waals surface area (Å²) in [5.74, 6) is -3.45. The molecule has 0 saturated heterocycles. The van der Waals surface area contributed by atoms with Crippen LogP contribution in [0.5, 0.6) is 0 Å². The number of hydrogen-bond donors (Lipinski definition) is 0. The Morgan fingerprint density at radius 2 is 2.00 bits per heavy atom. The van der Waals surface area contributed by atoms with Gasteiger partial charge in [-0.2, -0.15) is 13.2 Å². The molecule has 0 aliphatic heterocycles. The monoisotopic (exact) mass is 268 g/mol. The number of carboxylic acid groups (broad SMARTS) is 1. The Kier molecular flexibility index (Phi) is 4.27. The van der Waals surface area contributed by atoms with Crippen LogP contribution in [-0.4, -0.2) is 21.7 Å². The predicted octanol–water partition coefficient (Wildman–Crippen LogP) is -1.89. The third kappa shape index (κ3) is 3.27. The third-order valence-corrected chi connectivity index (χ3v) is 2.23. The average Bonchev–Trinajstić information content (AvgIpc) is 2.54. The molecule has 0 N–H and O–H groups in total. The van der Waals surface area contributed by atoms with E-state index in [1.807, 2.05) is 0 Å². The summed E-state index contributed by atoms with van der Waals surface area (Å²) in [7, 11) is 0. The van der Waals surface area contributed by atoms with E-state index in [0.717, 1.165) is 18.2 Å². The normalized spacial score (nSPS) is 11.4. The number of rotatable bonds is 2. The molecular formula is C10H5F4LiN2O2. The van der Waals surface area contributed by atoms with E-state index in [9.17, 15) is 27.5 Å². The molecule has 2 rings (SSSR count). The van der Waals surface area contributed by atoms with Crippen molar-refractivity contribution < 1.29 is 46.3 Å². The molecule has 0 spiro atoms. The molecule has 0 fully saturated rings. The summed E-state index contributed by atoms with van der Waals surface area (Å²) in [6, 6.07) is 2.82. The molecule has 0 atom stereocenters. The smallest absolute Gasteiger partial charge is 0.542 e. The van der Waals surface area contributed by atoms with Crippen LogP contribution in [0.2, 0.25) is 0 Å². The topological polar surface area (TPSA) is 57.9 Å². The van der Waals surface area contributed by atoms with Crippen LogP contribution >= 0.6 is 0 Å². The first-order valence-corrected chi connectivity index (χ1v) is 4.72. The van der Waals surface area contributed by atoms with Crippen LogP contribution in [0, 0.1) is 5.82 Å². The SMILES string of the molecule is O=C([O-])c1nc2cc(F)ccc2n1CC(F)(F)F.[Li+]. The van der Waals surface area contributed by atoms with Gasteiger partial charge in [0.2, 0.25) is 0 Å². The number of halogens is 4. The Labute approximate surface area is 116 Å². The molecule has 0 radical (unpaired) electrons.